The van der Waals surface area contributed by atoms with Crippen molar-refractivity contribution >= 4 is 0 Å². The summed E-state index contributed by atoms with van der Waals surface area (Å²) in [6.07, 6.45) is 10.7. The van der Waals surface area contributed by atoms with E-state index in [1.165, 1.54) is 23.8 Å². The Balaban J connectivity index is 2.48. The average Bonchev–Trinajstić information content (AvgIpc) is 2.54. The van der Waals surface area contributed by atoms with E-state index in [0.717, 1.165) is 24.2 Å². The average molecular weight is 293 g/mol. The van der Waals surface area contributed by atoms with Gasteiger partial charge >= 0.3 is 6.01 Å². The van der Waals surface area contributed by atoms with Gasteiger partial charge in [-0.1, -0.05) is 24.3 Å². The zero-order valence-electron chi connectivity index (χ0n) is 12.5. The van der Waals surface area contributed by atoms with Crippen molar-refractivity contribution in [2.45, 2.75) is 19.3 Å². The van der Waals surface area contributed by atoms with Crippen molar-refractivity contribution in [3.05, 3.63) is 79.4 Å². The molecular formula is C18H19N3O. The molecule has 0 bridgehead atoms. The van der Waals surface area contributed by atoms with Crippen LogP contribution in [0.2, 0.25) is 0 Å². The SMILES string of the molecule is C=CCc1ccc(Oc2ncncn2)c(CC=C)c1CC=C. The van der Waals surface area contributed by atoms with Crippen LogP contribution in [0.3, 0.4) is 0 Å². The van der Waals surface area contributed by atoms with Gasteiger partial charge in [0.25, 0.3) is 0 Å². The topological polar surface area (TPSA) is 47.9 Å². The van der Waals surface area contributed by atoms with Crippen LogP contribution in [-0.4, -0.2) is 15.0 Å². The van der Waals surface area contributed by atoms with Gasteiger partial charge in [0.05, 0.1) is 0 Å². The van der Waals surface area contributed by atoms with E-state index in [2.05, 4.69) is 34.7 Å². The Morgan fingerprint density at radius 2 is 1.50 bits per heavy atom. The third kappa shape index (κ3) is 3.67. The number of hydrogen-bond donors (Lipinski definition) is 0. The summed E-state index contributed by atoms with van der Waals surface area (Å²) in [6.45, 7) is 11.5. The molecule has 0 fully saturated rings. The number of hydrogen-bond acceptors (Lipinski definition) is 4. The number of allylic oxidation sites excluding steroid dienone is 3. The molecule has 0 unspecified atom stereocenters. The van der Waals surface area contributed by atoms with E-state index in [1.807, 2.05) is 30.4 Å². The maximum atomic E-state index is 5.81. The maximum Gasteiger partial charge on any atom is 0.324 e. The van der Waals surface area contributed by atoms with Crippen LogP contribution >= 0.6 is 0 Å². The van der Waals surface area contributed by atoms with Gasteiger partial charge in [0.1, 0.15) is 18.4 Å². The van der Waals surface area contributed by atoms with Crippen molar-refractivity contribution < 1.29 is 4.74 Å². The van der Waals surface area contributed by atoms with Crippen LogP contribution in [0.5, 0.6) is 11.8 Å². The molecule has 2 aromatic rings. The number of aromatic nitrogens is 3. The highest BCUT2D eigenvalue weighted by Gasteiger charge is 2.13. The monoisotopic (exact) mass is 293 g/mol. The highest BCUT2D eigenvalue weighted by Crippen LogP contribution is 2.30. The summed E-state index contributed by atoms with van der Waals surface area (Å²) in [7, 11) is 0. The van der Waals surface area contributed by atoms with Crippen molar-refractivity contribution in [2.24, 2.45) is 0 Å². The first kappa shape index (κ1) is 15.6. The summed E-state index contributed by atoms with van der Waals surface area (Å²) in [5.41, 5.74) is 3.49. The molecule has 4 nitrogen and oxygen atoms in total. The van der Waals surface area contributed by atoms with Gasteiger partial charge in [-0.25, -0.2) is 4.98 Å². The lowest BCUT2D eigenvalue weighted by atomic mass is 9.93. The van der Waals surface area contributed by atoms with Gasteiger partial charge in [0.2, 0.25) is 0 Å². The molecule has 0 spiro atoms. The van der Waals surface area contributed by atoms with Crippen LogP contribution in [-0.2, 0) is 19.3 Å². The molecule has 0 radical (unpaired) electrons. The molecule has 1 aromatic heterocycles. The van der Waals surface area contributed by atoms with Crippen LogP contribution < -0.4 is 4.74 Å². The van der Waals surface area contributed by atoms with E-state index in [4.69, 9.17) is 4.74 Å². The lowest BCUT2D eigenvalue weighted by Crippen LogP contribution is -2.03. The number of rotatable bonds is 8. The molecule has 0 atom stereocenters. The fourth-order valence-electron chi connectivity index (χ4n) is 2.31. The zero-order valence-corrected chi connectivity index (χ0v) is 12.5. The molecule has 0 saturated heterocycles. The first-order valence-electron chi connectivity index (χ1n) is 7.06. The molecule has 0 aliphatic rings. The van der Waals surface area contributed by atoms with E-state index >= 15 is 0 Å². The van der Waals surface area contributed by atoms with E-state index in [1.54, 1.807) is 0 Å². The minimum absolute atomic E-state index is 0.279. The lowest BCUT2D eigenvalue weighted by molar-refractivity contribution is 0.434. The lowest BCUT2D eigenvalue weighted by Gasteiger charge is -2.16. The van der Waals surface area contributed by atoms with Crippen LogP contribution in [0.4, 0.5) is 0 Å². The molecule has 0 N–H and O–H groups in total. The molecular weight excluding hydrogens is 274 g/mol. The summed E-state index contributed by atoms with van der Waals surface area (Å²) in [4.78, 5) is 11.8. The van der Waals surface area contributed by atoms with E-state index in [9.17, 15) is 0 Å². The molecule has 112 valence electrons. The Morgan fingerprint density at radius 3 is 2.14 bits per heavy atom. The number of nitrogens with zero attached hydrogens (tertiary/aromatic N) is 3. The van der Waals surface area contributed by atoms with Gasteiger partial charge in [0, 0.05) is 5.56 Å². The van der Waals surface area contributed by atoms with Crippen molar-refractivity contribution in [1.29, 1.82) is 0 Å². The van der Waals surface area contributed by atoms with Gasteiger partial charge in [0.15, 0.2) is 0 Å². The van der Waals surface area contributed by atoms with Crippen molar-refractivity contribution in [2.75, 3.05) is 0 Å². The Kier molecular flexibility index (Phi) is 5.60. The van der Waals surface area contributed by atoms with Gasteiger partial charge in [-0.05, 0) is 36.5 Å². The Hall–Kier alpha value is -2.75. The summed E-state index contributed by atoms with van der Waals surface area (Å²) >= 11 is 0. The van der Waals surface area contributed by atoms with Gasteiger partial charge in [-0.2, -0.15) is 9.97 Å². The third-order valence-electron chi connectivity index (χ3n) is 3.22. The molecule has 0 amide bonds. The van der Waals surface area contributed by atoms with E-state index in [-0.39, 0.29) is 6.01 Å². The maximum absolute atomic E-state index is 5.81. The highest BCUT2D eigenvalue weighted by molar-refractivity contribution is 5.48. The van der Waals surface area contributed by atoms with Gasteiger partial charge < -0.3 is 4.74 Å². The Bertz CT molecular complexity index is 666. The second-order valence-electron chi connectivity index (χ2n) is 4.68. The Morgan fingerprint density at radius 1 is 0.864 bits per heavy atom. The number of ether oxygens (including phenoxy) is 1. The second kappa shape index (κ2) is 7.88. The predicted octanol–water partition coefficient (Wildman–Crippen LogP) is 3.85. The Labute approximate surface area is 130 Å². The quantitative estimate of drug-likeness (QED) is 0.694. The standard InChI is InChI=1S/C18H19N3O/c1-4-7-14-10-11-17(22-18-20-12-19-13-21-18)16(9-6-3)15(14)8-5-2/h4-6,10-13H,1-3,7-9H2. The van der Waals surface area contributed by atoms with Crippen molar-refractivity contribution in [3.8, 4) is 11.8 Å². The molecule has 0 aliphatic carbocycles. The van der Waals surface area contributed by atoms with E-state index in [0.29, 0.717) is 6.42 Å². The fourth-order valence-corrected chi connectivity index (χ4v) is 2.31. The normalized spacial score (nSPS) is 10.0. The predicted molar refractivity (Wildman–Crippen MR) is 88.0 cm³/mol. The summed E-state index contributed by atoms with van der Waals surface area (Å²) in [5, 5.41) is 0. The molecule has 1 heterocycles. The third-order valence-corrected chi connectivity index (χ3v) is 3.22. The van der Waals surface area contributed by atoms with Crippen LogP contribution in [0.1, 0.15) is 16.7 Å². The van der Waals surface area contributed by atoms with E-state index < -0.39 is 0 Å². The molecule has 0 aliphatic heterocycles. The first-order chi connectivity index (χ1) is 10.8. The van der Waals surface area contributed by atoms with Gasteiger partial charge in [-0.3, -0.25) is 0 Å². The molecule has 4 heteroatoms. The molecule has 22 heavy (non-hydrogen) atoms. The largest absolute Gasteiger partial charge is 0.424 e. The smallest absolute Gasteiger partial charge is 0.324 e. The summed E-state index contributed by atoms with van der Waals surface area (Å²) < 4.78 is 5.81. The highest BCUT2D eigenvalue weighted by atomic mass is 16.5. The molecule has 0 saturated carbocycles. The van der Waals surface area contributed by atoms with Crippen molar-refractivity contribution in [1.82, 2.24) is 15.0 Å². The minimum atomic E-state index is 0.279. The number of benzene rings is 1. The van der Waals surface area contributed by atoms with Crippen LogP contribution in [0.25, 0.3) is 0 Å². The van der Waals surface area contributed by atoms with Crippen molar-refractivity contribution in [3.63, 3.8) is 0 Å². The fraction of sp³-hybridized carbons (Fsp3) is 0.167. The minimum Gasteiger partial charge on any atom is -0.424 e. The van der Waals surface area contributed by atoms with Gasteiger partial charge in [-0.15, -0.1) is 19.7 Å². The summed E-state index contributed by atoms with van der Waals surface area (Å²) in [5.74, 6) is 0.732. The molecule has 2 rings (SSSR count). The first-order valence-corrected chi connectivity index (χ1v) is 7.06. The second-order valence-corrected chi connectivity index (χ2v) is 4.68. The molecule has 1 aromatic carbocycles. The zero-order chi connectivity index (χ0) is 15.8. The van der Waals surface area contributed by atoms with Crippen LogP contribution in [0.15, 0.2) is 62.8 Å². The summed E-state index contributed by atoms with van der Waals surface area (Å²) in [6, 6.07) is 4.26. The van der Waals surface area contributed by atoms with Crippen LogP contribution in [0, 0.1) is 0 Å².